The summed E-state index contributed by atoms with van der Waals surface area (Å²) in [5.41, 5.74) is 1.62. The number of anilines is 2. The smallest absolute Gasteiger partial charge is 0.229 e. The fourth-order valence-electron chi connectivity index (χ4n) is 3.60. The lowest BCUT2D eigenvalue weighted by atomic mass is 10.2. The third-order valence-corrected chi connectivity index (χ3v) is 5.24. The summed E-state index contributed by atoms with van der Waals surface area (Å²) < 4.78 is 48.6. The second-order valence-corrected chi connectivity index (χ2v) is 7.30. The maximum absolute atomic E-state index is 14.1. The second kappa shape index (κ2) is 8.46. The molecule has 0 atom stereocenters. The molecule has 0 unspecified atom stereocenters. The average molecular weight is 440 g/mol. The number of hydrogen-bond acceptors (Lipinski definition) is 6. The summed E-state index contributed by atoms with van der Waals surface area (Å²) in [4.78, 5) is 15.7. The van der Waals surface area contributed by atoms with Gasteiger partial charge in [-0.3, -0.25) is 4.57 Å². The van der Waals surface area contributed by atoms with Gasteiger partial charge in [-0.2, -0.15) is 9.97 Å². The van der Waals surface area contributed by atoms with Gasteiger partial charge in [-0.1, -0.05) is 18.2 Å². The first-order valence-electron chi connectivity index (χ1n) is 10.1. The van der Waals surface area contributed by atoms with Gasteiger partial charge in [0.15, 0.2) is 28.6 Å². The van der Waals surface area contributed by atoms with Crippen molar-refractivity contribution in [2.24, 2.45) is 0 Å². The highest BCUT2D eigenvalue weighted by molar-refractivity contribution is 5.85. The van der Waals surface area contributed by atoms with Crippen molar-refractivity contribution in [1.29, 1.82) is 0 Å². The molecule has 0 aliphatic carbocycles. The molecule has 1 aliphatic heterocycles. The minimum Gasteiger partial charge on any atom is -0.378 e. The van der Waals surface area contributed by atoms with Gasteiger partial charge in [-0.05, 0) is 24.3 Å². The number of hydrogen-bond donors (Lipinski definition) is 1. The molecule has 1 fully saturated rings. The molecular weight excluding hydrogens is 421 g/mol. The van der Waals surface area contributed by atoms with Gasteiger partial charge in [-0.25, -0.2) is 18.2 Å². The molecule has 1 aliphatic rings. The van der Waals surface area contributed by atoms with Gasteiger partial charge in [0, 0.05) is 25.2 Å². The van der Waals surface area contributed by atoms with Crippen LogP contribution in [0, 0.1) is 17.5 Å². The molecule has 4 aromatic rings. The molecule has 7 nitrogen and oxygen atoms in total. The molecule has 2 aromatic heterocycles. The first-order chi connectivity index (χ1) is 15.6. The molecular formula is C22H19F3N6O. The van der Waals surface area contributed by atoms with Crippen LogP contribution in [0.3, 0.4) is 0 Å². The van der Waals surface area contributed by atoms with Crippen molar-refractivity contribution in [3.05, 3.63) is 71.8 Å². The number of halogens is 3. The summed E-state index contributed by atoms with van der Waals surface area (Å²) in [6.07, 6.45) is 1.53. The fraction of sp³-hybridized carbons (Fsp3) is 0.227. The van der Waals surface area contributed by atoms with Crippen molar-refractivity contribution >= 4 is 22.9 Å². The second-order valence-electron chi connectivity index (χ2n) is 7.30. The Morgan fingerprint density at radius 1 is 1.00 bits per heavy atom. The molecule has 2 aromatic carbocycles. The van der Waals surface area contributed by atoms with E-state index in [4.69, 9.17) is 4.74 Å². The molecule has 3 heterocycles. The summed E-state index contributed by atoms with van der Waals surface area (Å²) in [5.74, 6) is -1.39. The first kappa shape index (κ1) is 20.3. The number of imidazole rings is 1. The summed E-state index contributed by atoms with van der Waals surface area (Å²) >= 11 is 0. The quantitative estimate of drug-likeness (QED) is 0.511. The SMILES string of the molecule is Fc1cccc(-n2cnc3c(NCc4cccc(F)c4F)nc(N4CCOCC4)nc32)c1. The van der Waals surface area contributed by atoms with Crippen LogP contribution in [0.5, 0.6) is 0 Å². The topological polar surface area (TPSA) is 68.1 Å². The van der Waals surface area contributed by atoms with Crippen LogP contribution in [0.1, 0.15) is 5.56 Å². The van der Waals surface area contributed by atoms with Crippen LogP contribution in [0.25, 0.3) is 16.9 Å². The standard InChI is InChI=1S/C22H19F3N6O/c23-15-4-2-5-16(11-15)31-13-27-19-20(26-12-14-3-1-6-17(24)18(14)25)28-22(29-21(19)31)30-7-9-32-10-8-30/h1-6,11,13H,7-10,12H2,(H,26,28,29). The largest absolute Gasteiger partial charge is 0.378 e. The normalized spacial score (nSPS) is 14.2. The lowest BCUT2D eigenvalue weighted by molar-refractivity contribution is 0.122. The first-order valence-corrected chi connectivity index (χ1v) is 10.1. The highest BCUT2D eigenvalue weighted by atomic mass is 19.2. The molecule has 0 saturated carbocycles. The fourth-order valence-corrected chi connectivity index (χ4v) is 3.60. The Morgan fingerprint density at radius 2 is 1.81 bits per heavy atom. The summed E-state index contributed by atoms with van der Waals surface area (Å²) in [6.45, 7) is 2.31. The van der Waals surface area contributed by atoms with Crippen molar-refractivity contribution in [2.75, 3.05) is 36.5 Å². The van der Waals surface area contributed by atoms with Gasteiger partial charge in [0.05, 0.1) is 18.9 Å². The Labute approximate surface area is 181 Å². The minimum absolute atomic E-state index is 0.00504. The molecule has 32 heavy (non-hydrogen) atoms. The Bertz CT molecular complexity index is 1270. The molecule has 1 N–H and O–H groups in total. The van der Waals surface area contributed by atoms with Crippen molar-refractivity contribution in [2.45, 2.75) is 6.54 Å². The molecule has 5 rings (SSSR count). The van der Waals surface area contributed by atoms with Crippen molar-refractivity contribution in [3.8, 4) is 5.69 Å². The molecule has 1 saturated heterocycles. The molecule has 164 valence electrons. The zero-order chi connectivity index (χ0) is 22.1. The van der Waals surface area contributed by atoms with E-state index in [1.807, 2.05) is 4.90 Å². The maximum Gasteiger partial charge on any atom is 0.229 e. The van der Waals surface area contributed by atoms with E-state index in [2.05, 4.69) is 20.3 Å². The lowest BCUT2D eigenvalue weighted by Crippen LogP contribution is -2.37. The van der Waals surface area contributed by atoms with Gasteiger partial charge < -0.3 is 15.0 Å². The highest BCUT2D eigenvalue weighted by Crippen LogP contribution is 2.26. The third kappa shape index (κ3) is 3.84. The summed E-state index contributed by atoms with van der Waals surface area (Å²) in [5, 5.41) is 3.06. The Balaban J connectivity index is 1.58. The molecule has 0 bridgehead atoms. The van der Waals surface area contributed by atoms with Crippen LogP contribution in [-0.2, 0) is 11.3 Å². The zero-order valence-corrected chi connectivity index (χ0v) is 16.9. The van der Waals surface area contributed by atoms with Crippen LogP contribution >= 0.6 is 0 Å². The van der Waals surface area contributed by atoms with Crippen LogP contribution in [-0.4, -0.2) is 45.8 Å². The van der Waals surface area contributed by atoms with E-state index in [0.717, 1.165) is 6.07 Å². The molecule has 10 heteroatoms. The van der Waals surface area contributed by atoms with Gasteiger partial charge >= 0.3 is 0 Å². The molecule has 0 spiro atoms. The molecule has 0 amide bonds. The van der Waals surface area contributed by atoms with Crippen LogP contribution in [0.15, 0.2) is 48.8 Å². The Hall–Kier alpha value is -3.66. The van der Waals surface area contributed by atoms with Crippen LogP contribution in [0.2, 0.25) is 0 Å². The predicted octanol–water partition coefficient (Wildman–Crippen LogP) is 3.68. The average Bonchev–Trinajstić information content (AvgIpc) is 3.25. The number of fused-ring (bicyclic) bond motifs is 1. The van der Waals surface area contributed by atoms with E-state index in [1.165, 1.54) is 30.6 Å². The van der Waals surface area contributed by atoms with E-state index < -0.39 is 11.6 Å². The highest BCUT2D eigenvalue weighted by Gasteiger charge is 2.20. The zero-order valence-electron chi connectivity index (χ0n) is 16.9. The van der Waals surface area contributed by atoms with Crippen molar-refractivity contribution in [3.63, 3.8) is 0 Å². The summed E-state index contributed by atoms with van der Waals surface area (Å²) in [7, 11) is 0. The maximum atomic E-state index is 14.1. The van der Waals surface area contributed by atoms with E-state index in [-0.39, 0.29) is 17.9 Å². The lowest BCUT2D eigenvalue weighted by Gasteiger charge is -2.27. The number of nitrogens with one attached hydrogen (secondary N) is 1. The number of aromatic nitrogens is 4. The van der Waals surface area contributed by atoms with Gasteiger partial charge in [0.2, 0.25) is 5.95 Å². The van der Waals surface area contributed by atoms with Gasteiger partial charge in [0.1, 0.15) is 12.1 Å². The number of morpholine rings is 1. The van der Waals surface area contributed by atoms with Crippen LogP contribution in [0.4, 0.5) is 24.9 Å². The third-order valence-electron chi connectivity index (χ3n) is 5.24. The van der Waals surface area contributed by atoms with E-state index >= 15 is 0 Å². The Kier molecular flexibility index (Phi) is 5.36. The predicted molar refractivity (Wildman–Crippen MR) is 113 cm³/mol. The number of ether oxygens (including phenoxy) is 1. The Morgan fingerprint density at radius 3 is 2.62 bits per heavy atom. The van der Waals surface area contributed by atoms with Crippen molar-refractivity contribution in [1.82, 2.24) is 19.5 Å². The minimum atomic E-state index is -0.915. The van der Waals surface area contributed by atoms with E-state index in [0.29, 0.717) is 54.9 Å². The number of benzene rings is 2. The van der Waals surface area contributed by atoms with Crippen molar-refractivity contribution < 1.29 is 17.9 Å². The monoisotopic (exact) mass is 440 g/mol. The van der Waals surface area contributed by atoms with E-state index in [1.54, 1.807) is 16.7 Å². The van der Waals surface area contributed by atoms with Gasteiger partial charge in [0.25, 0.3) is 0 Å². The summed E-state index contributed by atoms with van der Waals surface area (Å²) in [6, 6.07) is 10.1. The van der Waals surface area contributed by atoms with E-state index in [9.17, 15) is 13.2 Å². The number of nitrogens with zero attached hydrogens (tertiary/aromatic N) is 5. The van der Waals surface area contributed by atoms with Crippen LogP contribution < -0.4 is 10.2 Å². The molecule has 0 radical (unpaired) electrons. The van der Waals surface area contributed by atoms with Gasteiger partial charge in [-0.15, -0.1) is 0 Å². The number of rotatable bonds is 5.